The van der Waals surface area contributed by atoms with E-state index in [0.29, 0.717) is 22.0 Å². The number of methoxy groups -OCH3 is 1. The number of rotatable bonds is 7. The Kier molecular flexibility index (Phi) is 7.74. The predicted molar refractivity (Wildman–Crippen MR) is 131 cm³/mol. The van der Waals surface area contributed by atoms with E-state index < -0.39 is 24.0 Å². The maximum absolute atomic E-state index is 13.6. The molecule has 0 heterocycles. The van der Waals surface area contributed by atoms with E-state index >= 15 is 0 Å². The lowest BCUT2D eigenvalue weighted by molar-refractivity contribution is -0.122. The van der Waals surface area contributed by atoms with Crippen LogP contribution in [0.25, 0.3) is 0 Å². The maximum Gasteiger partial charge on any atom is 0.320 e. The maximum atomic E-state index is 13.6. The first-order valence-electron chi connectivity index (χ1n) is 10.2. The van der Waals surface area contributed by atoms with Crippen molar-refractivity contribution in [2.75, 3.05) is 26.1 Å². The molecule has 3 rings (SSSR count). The average molecular weight is 468 g/mol. The van der Waals surface area contributed by atoms with Crippen molar-refractivity contribution in [3.05, 3.63) is 83.4 Å². The van der Waals surface area contributed by atoms with E-state index in [2.05, 4.69) is 10.4 Å². The van der Waals surface area contributed by atoms with Crippen LogP contribution in [0.1, 0.15) is 11.6 Å². The van der Waals surface area contributed by atoms with Crippen molar-refractivity contribution in [3.8, 4) is 5.75 Å². The molecule has 1 aliphatic rings. The molecule has 3 N–H and O–H groups in total. The van der Waals surface area contributed by atoms with Gasteiger partial charge < -0.3 is 20.8 Å². The molecular weight excluding hydrogens is 442 g/mol. The lowest BCUT2D eigenvalue weighted by Gasteiger charge is -2.31. The summed E-state index contributed by atoms with van der Waals surface area (Å²) in [6.07, 6.45) is 7.26. The number of nitrogens with zero attached hydrogens (tertiary/aromatic N) is 3. The fourth-order valence-corrected chi connectivity index (χ4v) is 3.58. The second-order valence-electron chi connectivity index (χ2n) is 7.45. The van der Waals surface area contributed by atoms with Gasteiger partial charge in [0.05, 0.1) is 18.9 Å². The molecule has 0 aromatic heterocycles. The molecule has 0 bridgehead atoms. The quantitative estimate of drug-likeness (QED) is 0.608. The zero-order chi connectivity index (χ0) is 24.0. The predicted octanol–water partition coefficient (Wildman–Crippen LogP) is 3.50. The Balaban J connectivity index is 1.98. The van der Waals surface area contributed by atoms with Gasteiger partial charge >= 0.3 is 6.03 Å². The SMILES string of the molecule is COc1ccccc1C(C(=O)NC1C=CC(=NN(C)C)C=C1)N(C(N)=O)c1ccc(Cl)cc1. The number of nitrogens with one attached hydrogen (secondary N) is 1. The molecule has 172 valence electrons. The molecule has 1 aliphatic carbocycles. The van der Waals surface area contributed by atoms with E-state index in [1.54, 1.807) is 53.5 Å². The highest BCUT2D eigenvalue weighted by Crippen LogP contribution is 2.33. The van der Waals surface area contributed by atoms with E-state index in [9.17, 15) is 9.59 Å². The van der Waals surface area contributed by atoms with Crippen LogP contribution in [0.15, 0.2) is 77.9 Å². The van der Waals surface area contributed by atoms with E-state index in [4.69, 9.17) is 22.1 Å². The number of carbonyl (C=O) groups is 2. The minimum Gasteiger partial charge on any atom is -0.496 e. The highest BCUT2D eigenvalue weighted by molar-refractivity contribution is 6.30. The fourth-order valence-electron chi connectivity index (χ4n) is 3.46. The number of amides is 3. The van der Waals surface area contributed by atoms with Gasteiger partial charge in [0.1, 0.15) is 11.8 Å². The van der Waals surface area contributed by atoms with E-state index in [1.165, 1.54) is 12.0 Å². The molecular formula is C24H26ClN5O3. The summed E-state index contributed by atoms with van der Waals surface area (Å²) in [6.45, 7) is 0. The molecule has 0 aliphatic heterocycles. The lowest BCUT2D eigenvalue weighted by Crippen LogP contribution is -2.48. The third-order valence-electron chi connectivity index (χ3n) is 4.86. The molecule has 0 saturated heterocycles. The summed E-state index contributed by atoms with van der Waals surface area (Å²) in [5.41, 5.74) is 7.43. The smallest absolute Gasteiger partial charge is 0.320 e. The summed E-state index contributed by atoms with van der Waals surface area (Å²) in [5, 5.41) is 9.45. The van der Waals surface area contributed by atoms with Crippen molar-refractivity contribution in [3.63, 3.8) is 0 Å². The van der Waals surface area contributed by atoms with Crippen LogP contribution in [-0.2, 0) is 4.79 Å². The molecule has 2 aromatic rings. The third kappa shape index (κ3) is 5.93. The minimum atomic E-state index is -1.08. The van der Waals surface area contributed by atoms with Crippen molar-refractivity contribution in [2.24, 2.45) is 10.8 Å². The van der Waals surface area contributed by atoms with Gasteiger partial charge in [-0.05, 0) is 42.5 Å². The molecule has 0 saturated carbocycles. The first-order chi connectivity index (χ1) is 15.8. The van der Waals surface area contributed by atoms with Gasteiger partial charge in [-0.15, -0.1) is 0 Å². The second kappa shape index (κ2) is 10.7. The van der Waals surface area contributed by atoms with E-state index in [0.717, 1.165) is 5.71 Å². The third-order valence-corrected chi connectivity index (χ3v) is 5.11. The summed E-state index contributed by atoms with van der Waals surface area (Å²) < 4.78 is 5.47. The number of nitrogens with two attached hydrogens (primary N) is 1. The number of benzene rings is 2. The van der Waals surface area contributed by atoms with Crippen LogP contribution < -0.4 is 20.7 Å². The van der Waals surface area contributed by atoms with Crippen LogP contribution in [0, 0.1) is 0 Å². The Labute approximate surface area is 197 Å². The van der Waals surface area contributed by atoms with Gasteiger partial charge in [0.25, 0.3) is 0 Å². The van der Waals surface area contributed by atoms with Gasteiger partial charge in [0.2, 0.25) is 5.91 Å². The minimum absolute atomic E-state index is 0.393. The van der Waals surface area contributed by atoms with Crippen molar-refractivity contribution in [2.45, 2.75) is 12.1 Å². The molecule has 0 spiro atoms. The van der Waals surface area contributed by atoms with Gasteiger partial charge in [-0.1, -0.05) is 42.0 Å². The molecule has 0 fully saturated rings. The topological polar surface area (TPSA) is 100 Å². The summed E-state index contributed by atoms with van der Waals surface area (Å²) in [4.78, 5) is 27.4. The molecule has 33 heavy (non-hydrogen) atoms. The van der Waals surface area contributed by atoms with Gasteiger partial charge in [-0.2, -0.15) is 5.10 Å². The molecule has 1 atom stereocenters. The lowest BCUT2D eigenvalue weighted by atomic mass is 10.0. The molecule has 3 amide bonds. The van der Waals surface area contributed by atoms with Crippen LogP contribution in [-0.4, -0.2) is 49.9 Å². The van der Waals surface area contributed by atoms with Crippen molar-refractivity contribution >= 4 is 34.9 Å². The number of carbonyl (C=O) groups excluding carboxylic acids is 2. The number of allylic oxidation sites excluding steroid dienone is 2. The Bertz CT molecular complexity index is 1080. The first kappa shape index (κ1) is 23.9. The highest BCUT2D eigenvalue weighted by Gasteiger charge is 2.34. The fraction of sp³-hybridized carbons (Fsp3) is 0.208. The monoisotopic (exact) mass is 467 g/mol. The number of urea groups is 1. The van der Waals surface area contributed by atoms with Crippen molar-refractivity contribution in [1.29, 1.82) is 0 Å². The van der Waals surface area contributed by atoms with E-state index in [-0.39, 0.29) is 0 Å². The number of hydrogen-bond donors (Lipinski definition) is 2. The van der Waals surface area contributed by atoms with Gasteiger partial charge in [0, 0.05) is 30.4 Å². The summed E-state index contributed by atoms with van der Waals surface area (Å²) in [5.74, 6) is 0.0218. The highest BCUT2D eigenvalue weighted by atomic mass is 35.5. The van der Waals surface area contributed by atoms with Crippen LogP contribution in [0.3, 0.4) is 0 Å². The molecule has 1 unspecified atom stereocenters. The molecule has 0 radical (unpaired) electrons. The Hall–Kier alpha value is -3.78. The Morgan fingerprint density at radius 2 is 1.73 bits per heavy atom. The standard InChI is InChI=1S/C24H26ClN5O3/c1-29(2)28-18-12-10-17(11-13-18)27-23(31)22(20-6-4-5-7-21(20)33-3)30(24(26)32)19-14-8-16(25)9-15-19/h4-15,17,22H,1-3H3,(H2,26,32)(H,27,31). The number of ether oxygens (including phenoxy) is 1. The normalized spacial score (nSPS) is 15.5. The van der Waals surface area contributed by atoms with Crippen LogP contribution >= 0.6 is 11.6 Å². The number of hydrazone groups is 1. The van der Waals surface area contributed by atoms with Crippen LogP contribution in [0.4, 0.5) is 10.5 Å². The number of halogens is 1. The number of primary amides is 1. The van der Waals surface area contributed by atoms with E-state index in [1.807, 2.05) is 38.4 Å². The summed E-state index contributed by atoms with van der Waals surface area (Å²) >= 11 is 6.01. The van der Waals surface area contributed by atoms with Crippen molar-refractivity contribution < 1.29 is 14.3 Å². The Morgan fingerprint density at radius 3 is 2.30 bits per heavy atom. The van der Waals surface area contributed by atoms with Crippen LogP contribution in [0.2, 0.25) is 5.02 Å². The number of anilines is 1. The second-order valence-corrected chi connectivity index (χ2v) is 7.89. The zero-order valence-electron chi connectivity index (χ0n) is 18.6. The average Bonchev–Trinajstić information content (AvgIpc) is 2.79. The van der Waals surface area contributed by atoms with Crippen molar-refractivity contribution in [1.82, 2.24) is 10.3 Å². The first-order valence-corrected chi connectivity index (χ1v) is 10.6. The van der Waals surface area contributed by atoms with Gasteiger partial charge in [0.15, 0.2) is 0 Å². The zero-order valence-corrected chi connectivity index (χ0v) is 19.4. The summed E-state index contributed by atoms with van der Waals surface area (Å²) in [7, 11) is 5.16. The number of para-hydroxylation sites is 1. The number of hydrogen-bond acceptors (Lipinski definition) is 5. The van der Waals surface area contributed by atoms with Gasteiger partial charge in [-0.3, -0.25) is 9.69 Å². The molecule has 9 heteroatoms. The molecule has 8 nitrogen and oxygen atoms in total. The van der Waals surface area contributed by atoms with Crippen LogP contribution in [0.5, 0.6) is 5.75 Å². The Morgan fingerprint density at radius 1 is 1.09 bits per heavy atom. The van der Waals surface area contributed by atoms with Gasteiger partial charge in [-0.25, -0.2) is 4.79 Å². The summed E-state index contributed by atoms with van der Waals surface area (Å²) in [6, 6.07) is 11.2. The largest absolute Gasteiger partial charge is 0.496 e. The molecule has 2 aromatic carbocycles.